The number of hydrogen-bond acceptors (Lipinski definition) is 6. The second-order valence-corrected chi connectivity index (χ2v) is 7.68. The average molecular weight is 389 g/mol. The summed E-state index contributed by atoms with van der Waals surface area (Å²) in [5.41, 5.74) is 2.59. The summed E-state index contributed by atoms with van der Waals surface area (Å²) < 4.78 is 11.8. The predicted molar refractivity (Wildman–Crippen MR) is 102 cm³/mol. The fourth-order valence-corrected chi connectivity index (χ4v) is 4.18. The molecule has 1 aromatic carbocycles. The van der Waals surface area contributed by atoms with Crippen LogP contribution >= 0.6 is 0 Å². The highest BCUT2D eigenvalue weighted by Gasteiger charge is 2.39. The summed E-state index contributed by atoms with van der Waals surface area (Å²) in [6.45, 7) is 0.511. The number of benzene rings is 1. The fourth-order valence-electron chi connectivity index (χ4n) is 4.18. The first-order valence-electron chi connectivity index (χ1n) is 9.93. The minimum Gasteiger partial charge on any atom is -0.458 e. The standard InChI is InChI=1S/C21H19N5O3/c27-21(20-25-24-19(29-20)12-5-3-6-12)26-9-8-14-17(23-11-22-14)18(26)16-10-13-4-1-2-7-15(13)28-16/h1-2,4,7,10-12,18H,3,5-6,8-9H2,(H,22,23)/t18-/m1/s1. The Morgan fingerprint density at radius 3 is 2.90 bits per heavy atom. The highest BCUT2D eigenvalue weighted by atomic mass is 16.4. The summed E-state index contributed by atoms with van der Waals surface area (Å²) in [5.74, 6) is 1.27. The van der Waals surface area contributed by atoms with E-state index in [0.29, 0.717) is 24.6 Å². The molecule has 1 atom stereocenters. The maximum absolute atomic E-state index is 13.3. The monoisotopic (exact) mass is 389 g/mol. The first-order chi connectivity index (χ1) is 14.3. The van der Waals surface area contributed by atoms with E-state index in [2.05, 4.69) is 20.2 Å². The molecule has 0 spiro atoms. The lowest BCUT2D eigenvalue weighted by molar-refractivity contribution is 0.0628. The molecule has 2 aliphatic rings. The van der Waals surface area contributed by atoms with E-state index >= 15 is 0 Å². The lowest BCUT2D eigenvalue weighted by Crippen LogP contribution is -2.40. The Balaban J connectivity index is 1.40. The molecule has 1 saturated carbocycles. The van der Waals surface area contributed by atoms with E-state index < -0.39 is 6.04 Å². The van der Waals surface area contributed by atoms with Gasteiger partial charge in [0, 0.05) is 30.0 Å². The van der Waals surface area contributed by atoms with Crippen molar-refractivity contribution in [3.63, 3.8) is 0 Å². The van der Waals surface area contributed by atoms with E-state index in [1.54, 1.807) is 11.2 Å². The minimum atomic E-state index is -0.441. The average Bonchev–Trinajstić information content (AvgIpc) is 3.43. The quantitative estimate of drug-likeness (QED) is 0.575. The number of carbonyl (C=O) groups is 1. The number of fused-ring (bicyclic) bond motifs is 2. The number of hydrogen-bond donors (Lipinski definition) is 1. The second kappa shape index (κ2) is 6.30. The molecule has 4 heterocycles. The third-order valence-electron chi connectivity index (χ3n) is 5.98. The molecule has 1 N–H and O–H groups in total. The van der Waals surface area contributed by atoms with Crippen molar-refractivity contribution in [1.29, 1.82) is 0 Å². The van der Waals surface area contributed by atoms with Gasteiger partial charge < -0.3 is 18.7 Å². The highest BCUT2D eigenvalue weighted by molar-refractivity contribution is 5.90. The van der Waals surface area contributed by atoms with Gasteiger partial charge in [-0.15, -0.1) is 10.2 Å². The zero-order valence-electron chi connectivity index (χ0n) is 15.7. The Bertz CT molecular complexity index is 1170. The number of rotatable bonds is 3. The van der Waals surface area contributed by atoms with Crippen LogP contribution in [0.3, 0.4) is 0 Å². The molecule has 4 aromatic rings. The molecule has 6 rings (SSSR count). The SMILES string of the molecule is O=C(c1nnc(C2CCC2)o1)N1CCc2[nH]cnc2[C@H]1c1cc2ccccc2o1. The van der Waals surface area contributed by atoms with Crippen LogP contribution in [0.1, 0.15) is 64.9 Å². The van der Waals surface area contributed by atoms with Crippen LogP contribution in [-0.2, 0) is 6.42 Å². The topological polar surface area (TPSA) is 101 Å². The zero-order valence-corrected chi connectivity index (χ0v) is 15.7. The van der Waals surface area contributed by atoms with Crippen LogP contribution in [0.4, 0.5) is 0 Å². The Kier molecular flexibility index (Phi) is 3.59. The number of para-hydroxylation sites is 1. The van der Waals surface area contributed by atoms with Gasteiger partial charge in [-0.3, -0.25) is 4.79 Å². The van der Waals surface area contributed by atoms with Crippen molar-refractivity contribution in [2.75, 3.05) is 6.54 Å². The number of carbonyl (C=O) groups excluding carboxylic acids is 1. The molecule has 29 heavy (non-hydrogen) atoms. The van der Waals surface area contributed by atoms with Crippen molar-refractivity contribution in [3.8, 4) is 0 Å². The fraction of sp³-hybridized carbons (Fsp3) is 0.333. The minimum absolute atomic E-state index is 0.0343. The normalized spacial score (nSPS) is 19.3. The van der Waals surface area contributed by atoms with Gasteiger partial charge in [0.2, 0.25) is 5.89 Å². The number of amides is 1. The molecule has 8 nitrogen and oxygen atoms in total. The summed E-state index contributed by atoms with van der Waals surface area (Å²) in [5, 5.41) is 9.14. The van der Waals surface area contributed by atoms with Gasteiger partial charge in [-0.05, 0) is 25.0 Å². The number of aromatic nitrogens is 4. The molecule has 8 heteroatoms. The summed E-state index contributed by atoms with van der Waals surface area (Å²) >= 11 is 0. The van der Waals surface area contributed by atoms with Crippen LogP contribution < -0.4 is 0 Å². The number of aromatic amines is 1. The number of nitrogens with zero attached hydrogens (tertiary/aromatic N) is 4. The molecule has 1 aliphatic carbocycles. The number of nitrogens with one attached hydrogen (secondary N) is 1. The van der Waals surface area contributed by atoms with Crippen molar-refractivity contribution < 1.29 is 13.6 Å². The van der Waals surface area contributed by atoms with Crippen LogP contribution in [0.15, 0.2) is 45.5 Å². The van der Waals surface area contributed by atoms with Crippen LogP contribution in [0.2, 0.25) is 0 Å². The molecule has 1 amide bonds. The largest absolute Gasteiger partial charge is 0.458 e. The molecule has 0 unspecified atom stereocenters. The number of furan rings is 1. The van der Waals surface area contributed by atoms with E-state index in [0.717, 1.165) is 35.2 Å². The molecular weight excluding hydrogens is 370 g/mol. The first-order valence-corrected chi connectivity index (χ1v) is 9.93. The predicted octanol–water partition coefficient (Wildman–Crippen LogP) is 3.59. The van der Waals surface area contributed by atoms with Gasteiger partial charge in [-0.1, -0.05) is 24.6 Å². The lowest BCUT2D eigenvalue weighted by Gasteiger charge is -2.32. The van der Waals surface area contributed by atoms with E-state index in [4.69, 9.17) is 8.83 Å². The molecule has 1 aliphatic heterocycles. The Hall–Kier alpha value is -3.42. The molecule has 0 saturated heterocycles. The zero-order chi connectivity index (χ0) is 19.4. The molecule has 0 bridgehead atoms. The first kappa shape index (κ1) is 16.5. The Labute approximate surface area is 165 Å². The third-order valence-corrected chi connectivity index (χ3v) is 5.98. The van der Waals surface area contributed by atoms with Crippen molar-refractivity contribution >= 4 is 16.9 Å². The number of imidazole rings is 1. The maximum Gasteiger partial charge on any atom is 0.312 e. The summed E-state index contributed by atoms with van der Waals surface area (Å²) in [7, 11) is 0. The molecule has 146 valence electrons. The van der Waals surface area contributed by atoms with Gasteiger partial charge in [0.15, 0.2) is 0 Å². The van der Waals surface area contributed by atoms with Gasteiger partial charge in [-0.2, -0.15) is 0 Å². The van der Waals surface area contributed by atoms with Gasteiger partial charge >= 0.3 is 11.8 Å². The van der Waals surface area contributed by atoms with Gasteiger partial charge in [-0.25, -0.2) is 4.98 Å². The third kappa shape index (κ3) is 2.59. The molecule has 0 radical (unpaired) electrons. The van der Waals surface area contributed by atoms with Gasteiger partial charge in [0.25, 0.3) is 0 Å². The van der Waals surface area contributed by atoms with Crippen molar-refractivity contribution in [1.82, 2.24) is 25.1 Å². The van der Waals surface area contributed by atoms with Crippen molar-refractivity contribution in [3.05, 3.63) is 65.6 Å². The Morgan fingerprint density at radius 1 is 1.17 bits per heavy atom. The van der Waals surface area contributed by atoms with Crippen LogP contribution in [-0.4, -0.2) is 37.5 Å². The smallest absolute Gasteiger partial charge is 0.312 e. The van der Waals surface area contributed by atoms with E-state index in [-0.39, 0.29) is 17.7 Å². The van der Waals surface area contributed by atoms with Gasteiger partial charge in [0.1, 0.15) is 17.4 Å². The summed E-state index contributed by atoms with van der Waals surface area (Å²) in [4.78, 5) is 22.7. The van der Waals surface area contributed by atoms with Crippen molar-refractivity contribution in [2.24, 2.45) is 0 Å². The molecule has 3 aromatic heterocycles. The summed E-state index contributed by atoms with van der Waals surface area (Å²) in [6.07, 6.45) is 5.59. The maximum atomic E-state index is 13.3. The van der Waals surface area contributed by atoms with Gasteiger partial charge in [0.05, 0.1) is 12.0 Å². The van der Waals surface area contributed by atoms with Crippen LogP contribution in [0.5, 0.6) is 0 Å². The highest BCUT2D eigenvalue weighted by Crippen LogP contribution is 2.38. The molecule has 1 fully saturated rings. The summed E-state index contributed by atoms with van der Waals surface area (Å²) in [6, 6.07) is 9.33. The van der Waals surface area contributed by atoms with Crippen molar-refractivity contribution in [2.45, 2.75) is 37.6 Å². The lowest BCUT2D eigenvalue weighted by atomic mass is 9.85. The molecular formula is C21H19N5O3. The van der Waals surface area contributed by atoms with E-state index in [1.807, 2.05) is 30.3 Å². The van der Waals surface area contributed by atoms with Crippen LogP contribution in [0.25, 0.3) is 11.0 Å². The Morgan fingerprint density at radius 2 is 2.07 bits per heavy atom. The van der Waals surface area contributed by atoms with E-state index in [1.165, 1.54) is 6.42 Å². The van der Waals surface area contributed by atoms with Crippen LogP contribution in [0, 0.1) is 0 Å². The van der Waals surface area contributed by atoms with E-state index in [9.17, 15) is 4.79 Å². The second-order valence-electron chi connectivity index (χ2n) is 7.68. The number of H-pyrrole nitrogens is 1.